The Bertz CT molecular complexity index is 770. The van der Waals surface area contributed by atoms with Gasteiger partial charge < -0.3 is 4.74 Å². The minimum Gasteiger partial charge on any atom is -0.454 e. The highest BCUT2D eigenvalue weighted by Gasteiger charge is 2.64. The summed E-state index contributed by atoms with van der Waals surface area (Å²) < 4.78 is 5.47. The molecular formula is C17H18N2O6. The summed E-state index contributed by atoms with van der Waals surface area (Å²) in [5.41, 5.74) is -0.257. The van der Waals surface area contributed by atoms with E-state index in [-0.39, 0.29) is 11.0 Å². The molecule has 3 atom stereocenters. The van der Waals surface area contributed by atoms with E-state index in [0.717, 1.165) is 30.2 Å². The molecular weight excluding hydrogens is 328 g/mol. The van der Waals surface area contributed by atoms with E-state index in [0.29, 0.717) is 18.3 Å². The standard InChI is InChI=1S/C17H18N2O6/c1-9(2)17-7-14(17)10(3)15(8-17)25-16(20)11-4-12(18(21)22)6-13(5-11)19(23)24/h4-6,9,14-15H,3,7-8H2,1-2H3/t14?,15-,17+/m0/s1. The average molecular weight is 346 g/mol. The molecule has 2 saturated carbocycles. The number of ether oxygens (including phenoxy) is 1. The summed E-state index contributed by atoms with van der Waals surface area (Å²) in [6.07, 6.45) is 1.27. The van der Waals surface area contributed by atoms with Crippen LogP contribution in [0.25, 0.3) is 0 Å². The molecule has 1 aromatic carbocycles. The number of benzene rings is 1. The first-order valence-electron chi connectivity index (χ1n) is 7.99. The first-order chi connectivity index (χ1) is 11.7. The lowest BCUT2D eigenvalue weighted by molar-refractivity contribution is -0.394. The molecule has 0 saturated heterocycles. The first kappa shape index (κ1) is 17.1. The monoisotopic (exact) mass is 346 g/mol. The summed E-state index contributed by atoms with van der Waals surface area (Å²) in [7, 11) is 0. The van der Waals surface area contributed by atoms with Crippen molar-refractivity contribution in [2.75, 3.05) is 0 Å². The molecule has 0 bridgehead atoms. The van der Waals surface area contributed by atoms with E-state index in [2.05, 4.69) is 20.4 Å². The Hall–Kier alpha value is -2.77. The Morgan fingerprint density at radius 2 is 1.76 bits per heavy atom. The number of esters is 1. The molecule has 0 aromatic heterocycles. The Labute approximate surface area is 143 Å². The van der Waals surface area contributed by atoms with Crippen LogP contribution in [0.3, 0.4) is 0 Å². The van der Waals surface area contributed by atoms with Crippen LogP contribution in [0.2, 0.25) is 0 Å². The molecule has 0 heterocycles. The molecule has 8 nitrogen and oxygen atoms in total. The number of hydrogen-bond donors (Lipinski definition) is 0. The summed E-state index contributed by atoms with van der Waals surface area (Å²) in [6, 6.07) is 2.80. The number of nitro groups is 2. The van der Waals surface area contributed by atoms with Gasteiger partial charge in [-0.1, -0.05) is 20.4 Å². The molecule has 0 radical (unpaired) electrons. The number of nitrogens with zero attached hydrogens (tertiary/aromatic N) is 2. The summed E-state index contributed by atoms with van der Waals surface area (Å²) in [5, 5.41) is 21.9. The van der Waals surface area contributed by atoms with Gasteiger partial charge in [-0.3, -0.25) is 20.2 Å². The van der Waals surface area contributed by atoms with E-state index < -0.39 is 33.3 Å². The zero-order chi connectivity index (χ0) is 18.5. The van der Waals surface area contributed by atoms with Gasteiger partial charge in [0.25, 0.3) is 11.4 Å². The summed E-state index contributed by atoms with van der Waals surface area (Å²) in [5.74, 6) is -0.0280. The molecule has 2 aliphatic rings. The van der Waals surface area contributed by atoms with Gasteiger partial charge in [0.05, 0.1) is 21.5 Å². The van der Waals surface area contributed by atoms with E-state index in [1.54, 1.807) is 0 Å². The minimum atomic E-state index is -0.807. The van der Waals surface area contributed by atoms with Crippen LogP contribution < -0.4 is 0 Å². The Kier molecular flexibility index (Phi) is 3.85. The molecule has 8 heteroatoms. The second kappa shape index (κ2) is 5.65. The first-order valence-corrected chi connectivity index (χ1v) is 7.99. The van der Waals surface area contributed by atoms with Crippen molar-refractivity contribution >= 4 is 17.3 Å². The number of non-ortho nitro benzene ring substituents is 2. The van der Waals surface area contributed by atoms with Gasteiger partial charge >= 0.3 is 5.97 Å². The van der Waals surface area contributed by atoms with E-state index in [9.17, 15) is 25.0 Å². The molecule has 25 heavy (non-hydrogen) atoms. The summed E-state index contributed by atoms with van der Waals surface area (Å²) in [6.45, 7) is 8.28. The fourth-order valence-corrected chi connectivity index (χ4v) is 3.86. The van der Waals surface area contributed by atoms with Gasteiger partial charge in [0, 0.05) is 12.1 Å². The molecule has 1 aromatic rings. The Balaban J connectivity index is 1.81. The maximum atomic E-state index is 12.4. The smallest absolute Gasteiger partial charge is 0.339 e. The van der Waals surface area contributed by atoms with Crippen LogP contribution in [0.15, 0.2) is 30.4 Å². The van der Waals surface area contributed by atoms with Gasteiger partial charge in [0.15, 0.2) is 0 Å². The van der Waals surface area contributed by atoms with Gasteiger partial charge in [-0.15, -0.1) is 0 Å². The lowest BCUT2D eigenvalue weighted by Gasteiger charge is -2.20. The van der Waals surface area contributed by atoms with Crippen molar-refractivity contribution in [3.63, 3.8) is 0 Å². The third-order valence-electron chi connectivity index (χ3n) is 5.50. The van der Waals surface area contributed by atoms with Crippen LogP contribution in [-0.2, 0) is 4.74 Å². The quantitative estimate of drug-likeness (QED) is 0.348. The van der Waals surface area contributed by atoms with Crippen molar-refractivity contribution in [1.29, 1.82) is 0 Å². The third kappa shape index (κ3) is 2.77. The highest BCUT2D eigenvalue weighted by atomic mass is 16.6. The average Bonchev–Trinajstić information content (AvgIpc) is 3.22. The fraction of sp³-hybridized carbons (Fsp3) is 0.471. The normalized spacial score (nSPS) is 27.1. The summed E-state index contributed by atoms with van der Waals surface area (Å²) in [4.78, 5) is 32.7. The van der Waals surface area contributed by atoms with Crippen molar-refractivity contribution in [2.45, 2.75) is 32.8 Å². The van der Waals surface area contributed by atoms with E-state index in [1.165, 1.54) is 0 Å². The number of carbonyl (C=O) groups is 1. The zero-order valence-electron chi connectivity index (χ0n) is 13.9. The van der Waals surface area contributed by atoms with Crippen LogP contribution >= 0.6 is 0 Å². The van der Waals surface area contributed by atoms with Gasteiger partial charge in [-0.25, -0.2) is 4.79 Å². The second-order valence-electron chi connectivity index (χ2n) is 7.07. The molecule has 132 valence electrons. The van der Waals surface area contributed by atoms with Gasteiger partial charge in [-0.05, 0) is 35.7 Å². The van der Waals surface area contributed by atoms with Crippen LogP contribution in [0.1, 0.15) is 37.0 Å². The fourth-order valence-electron chi connectivity index (χ4n) is 3.86. The van der Waals surface area contributed by atoms with Gasteiger partial charge in [-0.2, -0.15) is 0 Å². The molecule has 0 spiro atoms. The topological polar surface area (TPSA) is 113 Å². The molecule has 0 N–H and O–H groups in total. The van der Waals surface area contributed by atoms with Crippen molar-refractivity contribution in [1.82, 2.24) is 0 Å². The van der Waals surface area contributed by atoms with Crippen molar-refractivity contribution in [3.8, 4) is 0 Å². The van der Waals surface area contributed by atoms with E-state index in [1.807, 2.05) is 0 Å². The van der Waals surface area contributed by atoms with E-state index >= 15 is 0 Å². The maximum Gasteiger partial charge on any atom is 0.339 e. The zero-order valence-corrected chi connectivity index (χ0v) is 13.9. The van der Waals surface area contributed by atoms with Crippen molar-refractivity contribution in [3.05, 3.63) is 56.1 Å². The van der Waals surface area contributed by atoms with Crippen LogP contribution in [0, 0.1) is 37.5 Å². The number of carbonyl (C=O) groups excluding carboxylic acids is 1. The lowest BCUT2D eigenvalue weighted by Crippen LogP contribution is -2.21. The number of hydrogen-bond acceptors (Lipinski definition) is 6. The van der Waals surface area contributed by atoms with Crippen LogP contribution in [0.4, 0.5) is 11.4 Å². The highest BCUT2D eigenvalue weighted by molar-refractivity contribution is 5.91. The number of rotatable bonds is 5. The highest BCUT2D eigenvalue weighted by Crippen LogP contribution is 2.69. The molecule has 2 fully saturated rings. The van der Waals surface area contributed by atoms with Gasteiger partial charge in [0.2, 0.25) is 0 Å². The maximum absolute atomic E-state index is 12.4. The van der Waals surface area contributed by atoms with Gasteiger partial charge in [0.1, 0.15) is 6.10 Å². The molecule has 1 unspecified atom stereocenters. The Morgan fingerprint density at radius 1 is 1.20 bits per heavy atom. The number of nitro benzene ring substituents is 2. The van der Waals surface area contributed by atoms with Crippen LogP contribution in [-0.4, -0.2) is 21.9 Å². The van der Waals surface area contributed by atoms with Crippen LogP contribution in [0.5, 0.6) is 0 Å². The minimum absolute atomic E-state index is 0.122. The molecule has 0 aliphatic heterocycles. The second-order valence-corrected chi connectivity index (χ2v) is 7.07. The predicted molar refractivity (Wildman–Crippen MR) is 88.1 cm³/mol. The molecule has 2 aliphatic carbocycles. The van der Waals surface area contributed by atoms with E-state index in [4.69, 9.17) is 4.74 Å². The molecule has 3 rings (SSSR count). The lowest BCUT2D eigenvalue weighted by atomic mass is 9.89. The SMILES string of the molecule is C=C1C2C[C@]2(C(C)C)C[C@@H]1OC(=O)c1cc([N+](=O)[O-])cc([N+](=O)[O-])c1. The largest absolute Gasteiger partial charge is 0.454 e. The third-order valence-corrected chi connectivity index (χ3v) is 5.50. The summed E-state index contributed by atoms with van der Waals surface area (Å²) >= 11 is 0. The van der Waals surface area contributed by atoms with Crippen molar-refractivity contribution in [2.24, 2.45) is 17.3 Å². The number of fused-ring (bicyclic) bond motifs is 1. The molecule has 0 amide bonds. The predicted octanol–water partition coefficient (Wildman–Crippen LogP) is 3.65. The Morgan fingerprint density at radius 3 is 2.20 bits per heavy atom. The van der Waals surface area contributed by atoms with Crippen molar-refractivity contribution < 1.29 is 19.4 Å².